The van der Waals surface area contributed by atoms with Crippen molar-refractivity contribution < 1.29 is 4.74 Å². The fraction of sp³-hybridized carbons (Fsp3) is 0.395. The van der Waals surface area contributed by atoms with Gasteiger partial charge in [-0.25, -0.2) is 9.97 Å². The maximum absolute atomic E-state index is 5.94. The van der Waals surface area contributed by atoms with E-state index in [-0.39, 0.29) is 5.60 Å². The fourth-order valence-electron chi connectivity index (χ4n) is 4.28. The Hall–Kier alpha value is -4.38. The average Bonchev–Trinajstić information content (AvgIpc) is 3.72. The molecule has 5 nitrogen and oxygen atoms in total. The van der Waals surface area contributed by atoms with Crippen LogP contribution in [0.5, 0.6) is 5.75 Å². The van der Waals surface area contributed by atoms with Crippen LogP contribution < -0.4 is 4.74 Å². The summed E-state index contributed by atoms with van der Waals surface area (Å²) in [5, 5.41) is 0. The van der Waals surface area contributed by atoms with Gasteiger partial charge in [0.15, 0.2) is 0 Å². The Labute approximate surface area is 291 Å². The van der Waals surface area contributed by atoms with Gasteiger partial charge < -0.3 is 14.7 Å². The molecule has 0 radical (unpaired) electrons. The van der Waals surface area contributed by atoms with E-state index in [2.05, 4.69) is 86.2 Å². The molecule has 0 saturated carbocycles. The molecule has 6 aromatic rings. The third-order valence-electron chi connectivity index (χ3n) is 5.90. The largest absolute Gasteiger partial charge is 0.488 e. The molecule has 0 fully saturated rings. The number of benzene rings is 4. The molecule has 6 rings (SSSR count). The molecule has 2 heterocycles. The van der Waals surface area contributed by atoms with E-state index in [0.717, 1.165) is 61.7 Å². The number of aromatic amines is 2. The van der Waals surface area contributed by atoms with Crippen molar-refractivity contribution in [1.29, 1.82) is 0 Å². The summed E-state index contributed by atoms with van der Waals surface area (Å²) in [7, 11) is 0. The molecule has 48 heavy (non-hydrogen) atoms. The van der Waals surface area contributed by atoms with Crippen LogP contribution in [-0.2, 0) is 0 Å². The first-order valence-electron chi connectivity index (χ1n) is 17.8. The summed E-state index contributed by atoms with van der Waals surface area (Å²) in [4.78, 5) is 16.5. The van der Waals surface area contributed by atoms with E-state index in [1.54, 1.807) is 0 Å². The summed E-state index contributed by atoms with van der Waals surface area (Å²) < 4.78 is 5.94. The van der Waals surface area contributed by atoms with Crippen LogP contribution >= 0.6 is 0 Å². The van der Waals surface area contributed by atoms with E-state index < -0.39 is 0 Å². The van der Waals surface area contributed by atoms with Crippen LogP contribution in [0, 0.1) is 5.41 Å². The second-order valence-corrected chi connectivity index (χ2v) is 12.7. The van der Waals surface area contributed by atoms with Gasteiger partial charge in [-0.05, 0) is 85.8 Å². The van der Waals surface area contributed by atoms with Gasteiger partial charge in [0.25, 0.3) is 0 Å². The quantitative estimate of drug-likeness (QED) is 0.199. The lowest BCUT2D eigenvalue weighted by Crippen LogP contribution is -2.22. The van der Waals surface area contributed by atoms with Gasteiger partial charge in [0, 0.05) is 11.1 Å². The standard InChI is InChI=1S/C30H26N4O.C5H12.4C2H6/c1-30(2,3)35-23-13-9-20(10-14-23)29-32-25-16-12-22(18-27(25)34-29)21-11-15-24-26(17-21)33-28(31-24)19-7-5-4-6-8-19;1-5(2,3)4;4*1-2/h4-18H,1-3H3,(H,31,33)(H,32,34);1-4H3;4*1-2H3. The molecule has 5 heteroatoms. The molecule has 260 valence electrons. The van der Waals surface area contributed by atoms with Crippen molar-refractivity contribution in [1.82, 2.24) is 19.9 Å². The molecular formula is C43H62N4O. The second-order valence-electron chi connectivity index (χ2n) is 12.7. The van der Waals surface area contributed by atoms with Crippen molar-refractivity contribution in [2.75, 3.05) is 0 Å². The Balaban J connectivity index is 0.000000782. The molecule has 0 aliphatic heterocycles. The van der Waals surface area contributed by atoms with E-state index in [9.17, 15) is 0 Å². The first-order valence-corrected chi connectivity index (χ1v) is 17.8. The van der Waals surface area contributed by atoms with E-state index in [1.807, 2.05) is 119 Å². The SMILES string of the molecule is CC.CC.CC.CC.CC(C)(C)C.CC(C)(C)Oc1ccc(-c2nc3ccc(-c4ccc5nc(-c6ccccc6)[nH]c5c4)cc3[nH]2)cc1. The van der Waals surface area contributed by atoms with Gasteiger partial charge >= 0.3 is 0 Å². The number of aromatic nitrogens is 4. The van der Waals surface area contributed by atoms with Gasteiger partial charge in [-0.3, -0.25) is 0 Å². The minimum Gasteiger partial charge on any atom is -0.488 e. The third-order valence-corrected chi connectivity index (χ3v) is 5.90. The van der Waals surface area contributed by atoms with Crippen LogP contribution in [0.3, 0.4) is 0 Å². The summed E-state index contributed by atoms with van der Waals surface area (Å²) in [5.74, 6) is 2.57. The number of fused-ring (bicyclic) bond motifs is 2. The maximum Gasteiger partial charge on any atom is 0.138 e. The van der Waals surface area contributed by atoms with E-state index >= 15 is 0 Å². The van der Waals surface area contributed by atoms with Gasteiger partial charge in [-0.1, -0.05) is 126 Å². The Bertz CT molecular complexity index is 1730. The first-order chi connectivity index (χ1) is 22.9. The van der Waals surface area contributed by atoms with Gasteiger partial charge in [0.2, 0.25) is 0 Å². The fourth-order valence-corrected chi connectivity index (χ4v) is 4.28. The van der Waals surface area contributed by atoms with E-state index in [1.165, 1.54) is 0 Å². The number of hydrogen-bond acceptors (Lipinski definition) is 3. The highest BCUT2D eigenvalue weighted by Gasteiger charge is 2.13. The summed E-state index contributed by atoms with van der Waals surface area (Å²) in [6.45, 7) is 30.9. The number of hydrogen-bond donors (Lipinski definition) is 2. The number of ether oxygens (including phenoxy) is 1. The molecule has 0 amide bonds. The van der Waals surface area contributed by atoms with E-state index in [4.69, 9.17) is 14.7 Å². The van der Waals surface area contributed by atoms with Crippen LogP contribution in [0.4, 0.5) is 0 Å². The number of nitrogens with one attached hydrogen (secondary N) is 2. The Morgan fingerprint density at radius 3 is 1.19 bits per heavy atom. The average molecular weight is 651 g/mol. The number of rotatable bonds is 4. The molecule has 0 aliphatic carbocycles. The van der Waals surface area contributed by atoms with Crippen molar-refractivity contribution in [2.24, 2.45) is 5.41 Å². The zero-order valence-corrected chi connectivity index (χ0v) is 32.5. The van der Waals surface area contributed by atoms with Gasteiger partial charge in [-0.15, -0.1) is 0 Å². The van der Waals surface area contributed by atoms with Crippen LogP contribution in [0.1, 0.15) is 104 Å². The molecular weight excluding hydrogens is 589 g/mol. The van der Waals surface area contributed by atoms with Gasteiger partial charge in [-0.2, -0.15) is 0 Å². The first kappa shape index (κ1) is 41.6. The second kappa shape index (κ2) is 20.1. The third kappa shape index (κ3) is 13.0. The van der Waals surface area contributed by atoms with Crippen LogP contribution in [-0.4, -0.2) is 25.5 Å². The van der Waals surface area contributed by atoms with Gasteiger partial charge in [0.05, 0.1) is 22.1 Å². The molecule has 0 bridgehead atoms. The van der Waals surface area contributed by atoms with Crippen LogP contribution in [0.25, 0.3) is 56.0 Å². The van der Waals surface area contributed by atoms with Crippen LogP contribution in [0.2, 0.25) is 0 Å². The number of H-pyrrole nitrogens is 2. The van der Waals surface area contributed by atoms with Gasteiger partial charge in [0.1, 0.15) is 23.0 Å². The van der Waals surface area contributed by atoms with Crippen molar-refractivity contribution in [3.63, 3.8) is 0 Å². The Kier molecular flexibility index (Phi) is 17.4. The molecule has 0 unspecified atom stereocenters. The molecule has 0 spiro atoms. The summed E-state index contributed by atoms with van der Waals surface area (Å²) in [5.41, 5.74) is 8.54. The normalized spacial score (nSPS) is 10.4. The minimum atomic E-state index is -0.223. The maximum atomic E-state index is 5.94. The topological polar surface area (TPSA) is 66.6 Å². The lowest BCUT2D eigenvalue weighted by atomic mass is 10.0. The lowest BCUT2D eigenvalue weighted by Gasteiger charge is -2.21. The molecule has 4 aromatic carbocycles. The summed E-state index contributed by atoms with van der Waals surface area (Å²) in [6, 6.07) is 30.9. The van der Waals surface area contributed by atoms with Crippen molar-refractivity contribution >= 4 is 22.1 Å². The molecule has 0 saturated heterocycles. The highest BCUT2D eigenvalue weighted by Crippen LogP contribution is 2.30. The molecule has 0 atom stereocenters. The Morgan fingerprint density at radius 1 is 0.458 bits per heavy atom. The smallest absolute Gasteiger partial charge is 0.138 e. The van der Waals surface area contributed by atoms with Crippen LogP contribution in [0.15, 0.2) is 91.0 Å². The van der Waals surface area contributed by atoms with Crippen molar-refractivity contribution in [3.05, 3.63) is 91.0 Å². The zero-order chi connectivity index (χ0) is 36.5. The zero-order valence-electron chi connectivity index (χ0n) is 32.5. The molecule has 2 aromatic heterocycles. The molecule has 0 aliphatic rings. The highest BCUT2D eigenvalue weighted by molar-refractivity contribution is 5.88. The predicted molar refractivity (Wildman–Crippen MR) is 213 cm³/mol. The number of imidazole rings is 2. The minimum absolute atomic E-state index is 0.223. The predicted octanol–water partition coefficient (Wildman–Crippen LogP) is 13.8. The summed E-state index contributed by atoms with van der Waals surface area (Å²) in [6.07, 6.45) is 0. The summed E-state index contributed by atoms with van der Waals surface area (Å²) >= 11 is 0. The lowest BCUT2D eigenvalue weighted by molar-refractivity contribution is 0.131. The Morgan fingerprint density at radius 2 is 0.812 bits per heavy atom. The van der Waals surface area contributed by atoms with Crippen molar-refractivity contribution in [2.45, 2.75) is 109 Å². The number of nitrogens with zero attached hydrogens (tertiary/aromatic N) is 2. The van der Waals surface area contributed by atoms with E-state index in [0.29, 0.717) is 5.41 Å². The monoisotopic (exact) mass is 650 g/mol. The molecule has 2 N–H and O–H groups in total. The highest BCUT2D eigenvalue weighted by atomic mass is 16.5. The van der Waals surface area contributed by atoms with Crippen molar-refractivity contribution in [3.8, 4) is 39.7 Å².